The molecule has 0 fully saturated rings. The summed E-state index contributed by atoms with van der Waals surface area (Å²) >= 11 is 7.42. The molecule has 0 atom stereocenters. The number of pyridine rings is 1. The molecule has 0 bridgehead atoms. The quantitative estimate of drug-likeness (QED) is 0.322. The smallest absolute Gasteiger partial charge is 0.306 e. The van der Waals surface area contributed by atoms with E-state index in [0.29, 0.717) is 22.2 Å². The van der Waals surface area contributed by atoms with Crippen LogP contribution in [0.2, 0.25) is 5.02 Å². The first-order valence-corrected chi connectivity index (χ1v) is 11.5. The van der Waals surface area contributed by atoms with Crippen LogP contribution in [0.15, 0.2) is 87.2 Å². The Labute approximate surface area is 204 Å². The fourth-order valence-electron chi connectivity index (χ4n) is 2.86. The summed E-state index contributed by atoms with van der Waals surface area (Å²) in [5, 5.41) is 7.29. The fraction of sp³-hybridized carbons (Fsp3) is 0.125. The highest BCUT2D eigenvalue weighted by Gasteiger charge is 2.14. The molecule has 1 N–H and O–H groups in total. The predicted molar refractivity (Wildman–Crippen MR) is 127 cm³/mol. The van der Waals surface area contributed by atoms with Gasteiger partial charge in [0.25, 0.3) is 5.91 Å². The van der Waals surface area contributed by atoms with Crippen LogP contribution in [0.4, 0.5) is 5.69 Å². The van der Waals surface area contributed by atoms with Crippen molar-refractivity contribution in [1.29, 1.82) is 0 Å². The number of para-hydroxylation sites is 1. The van der Waals surface area contributed by atoms with Crippen LogP contribution in [0.25, 0.3) is 11.5 Å². The number of hydrogen-bond acceptors (Lipinski definition) is 8. The van der Waals surface area contributed by atoms with Gasteiger partial charge in [0.2, 0.25) is 11.7 Å². The zero-order chi connectivity index (χ0) is 23.8. The van der Waals surface area contributed by atoms with Crippen LogP contribution >= 0.6 is 23.4 Å². The third-order valence-electron chi connectivity index (χ3n) is 4.47. The van der Waals surface area contributed by atoms with Crippen LogP contribution in [-0.2, 0) is 20.7 Å². The lowest BCUT2D eigenvalue weighted by atomic mass is 10.3. The minimum absolute atomic E-state index is 0.000136. The first-order valence-electron chi connectivity index (χ1n) is 10.3. The number of benzene rings is 2. The summed E-state index contributed by atoms with van der Waals surface area (Å²) in [7, 11) is 0. The van der Waals surface area contributed by atoms with Crippen molar-refractivity contribution in [3.8, 4) is 11.5 Å². The monoisotopic (exact) mass is 494 g/mol. The van der Waals surface area contributed by atoms with E-state index in [1.54, 1.807) is 36.5 Å². The average Bonchev–Trinajstić information content (AvgIpc) is 3.34. The topological polar surface area (TPSA) is 107 Å². The number of nitrogens with zero attached hydrogens (tertiary/aromatic N) is 3. The molecule has 0 saturated heterocycles. The van der Waals surface area contributed by atoms with E-state index in [-0.39, 0.29) is 18.7 Å². The molecule has 0 aliphatic rings. The molecule has 2 aromatic carbocycles. The molecule has 8 nitrogen and oxygen atoms in total. The maximum atomic E-state index is 12.3. The van der Waals surface area contributed by atoms with E-state index in [1.807, 2.05) is 36.4 Å². The van der Waals surface area contributed by atoms with E-state index >= 15 is 0 Å². The van der Waals surface area contributed by atoms with Gasteiger partial charge in [0, 0.05) is 27.4 Å². The van der Waals surface area contributed by atoms with Crippen molar-refractivity contribution in [2.45, 2.75) is 22.6 Å². The summed E-state index contributed by atoms with van der Waals surface area (Å²) < 4.78 is 10.2. The maximum Gasteiger partial charge on any atom is 0.306 e. The predicted octanol–water partition coefficient (Wildman–Crippen LogP) is 5.05. The highest BCUT2D eigenvalue weighted by atomic mass is 35.5. The summed E-state index contributed by atoms with van der Waals surface area (Å²) in [6, 6.07) is 20.1. The largest absolute Gasteiger partial charge is 0.456 e. The molecule has 0 spiro atoms. The van der Waals surface area contributed by atoms with Crippen molar-refractivity contribution in [2.24, 2.45) is 0 Å². The van der Waals surface area contributed by atoms with Gasteiger partial charge in [-0.15, -0.1) is 0 Å². The second kappa shape index (κ2) is 11.4. The van der Waals surface area contributed by atoms with E-state index in [1.165, 1.54) is 11.8 Å². The Balaban J connectivity index is 1.25. The molecule has 4 rings (SSSR count). The van der Waals surface area contributed by atoms with E-state index in [4.69, 9.17) is 20.9 Å². The number of carbonyl (C=O) groups excluding carboxylic acids is 2. The molecule has 0 aliphatic heterocycles. The number of nitrogens with one attached hydrogen (secondary N) is 1. The minimum atomic E-state index is -0.545. The lowest BCUT2D eigenvalue weighted by Gasteiger charge is -2.11. The van der Waals surface area contributed by atoms with Crippen LogP contribution in [0.1, 0.15) is 12.3 Å². The molecule has 0 unspecified atom stereocenters. The highest BCUT2D eigenvalue weighted by molar-refractivity contribution is 7.99. The van der Waals surface area contributed by atoms with Crippen LogP contribution in [0.5, 0.6) is 0 Å². The number of rotatable bonds is 9. The summed E-state index contributed by atoms with van der Waals surface area (Å²) in [6.07, 6.45) is 1.82. The zero-order valence-electron chi connectivity index (χ0n) is 17.8. The molecule has 4 aromatic rings. The Morgan fingerprint density at radius 1 is 1.03 bits per heavy atom. The Kier molecular flexibility index (Phi) is 7.90. The number of aromatic nitrogens is 3. The second-order valence-electron chi connectivity index (χ2n) is 6.99. The Morgan fingerprint density at radius 3 is 2.62 bits per heavy atom. The molecule has 172 valence electrons. The number of hydrogen-bond donors (Lipinski definition) is 1. The van der Waals surface area contributed by atoms with Crippen molar-refractivity contribution in [3.05, 3.63) is 83.8 Å². The molecule has 2 aromatic heterocycles. The average molecular weight is 495 g/mol. The van der Waals surface area contributed by atoms with Gasteiger partial charge >= 0.3 is 5.97 Å². The number of halogens is 1. The van der Waals surface area contributed by atoms with E-state index in [2.05, 4.69) is 20.4 Å². The van der Waals surface area contributed by atoms with E-state index in [0.717, 1.165) is 9.79 Å². The normalized spacial score (nSPS) is 10.6. The van der Waals surface area contributed by atoms with Crippen molar-refractivity contribution in [3.63, 3.8) is 0 Å². The molecule has 34 heavy (non-hydrogen) atoms. The number of ether oxygens (including phenoxy) is 1. The second-order valence-corrected chi connectivity index (χ2v) is 8.54. The van der Waals surface area contributed by atoms with Gasteiger partial charge in [-0.05, 0) is 48.5 Å². The van der Waals surface area contributed by atoms with Crippen molar-refractivity contribution >= 4 is 40.9 Å². The van der Waals surface area contributed by atoms with Gasteiger partial charge in [0.15, 0.2) is 6.61 Å². The lowest BCUT2D eigenvalue weighted by Crippen LogP contribution is -2.21. The van der Waals surface area contributed by atoms with E-state index < -0.39 is 18.5 Å². The lowest BCUT2D eigenvalue weighted by molar-refractivity contribution is -0.147. The molecular weight excluding hydrogens is 476 g/mol. The number of esters is 1. The molecule has 2 heterocycles. The number of aryl methyl sites for hydroxylation is 1. The maximum absolute atomic E-state index is 12.3. The Hall–Kier alpha value is -3.69. The molecular formula is C24H19ClN4O4S. The van der Waals surface area contributed by atoms with Crippen LogP contribution in [-0.4, -0.2) is 33.6 Å². The van der Waals surface area contributed by atoms with Gasteiger partial charge in [-0.2, -0.15) is 4.98 Å². The first-order chi connectivity index (χ1) is 16.6. The SMILES string of the molecule is O=C(COC(=O)CCc1nc(-c2ccccn2)no1)Nc1ccccc1Sc1ccc(Cl)cc1. The Morgan fingerprint density at radius 2 is 1.82 bits per heavy atom. The van der Waals surface area contributed by atoms with Crippen LogP contribution < -0.4 is 5.32 Å². The summed E-state index contributed by atoms with van der Waals surface area (Å²) in [4.78, 5) is 34.6. The third kappa shape index (κ3) is 6.66. The van der Waals surface area contributed by atoms with Gasteiger partial charge in [-0.1, -0.05) is 46.7 Å². The minimum Gasteiger partial charge on any atom is -0.456 e. The van der Waals surface area contributed by atoms with Crippen molar-refractivity contribution in [1.82, 2.24) is 15.1 Å². The van der Waals surface area contributed by atoms with Crippen molar-refractivity contribution < 1.29 is 18.8 Å². The first kappa shape index (κ1) is 23.5. The molecule has 0 saturated carbocycles. The molecule has 10 heteroatoms. The zero-order valence-corrected chi connectivity index (χ0v) is 19.4. The molecule has 0 radical (unpaired) electrons. The van der Waals surface area contributed by atoms with Gasteiger partial charge in [-0.3, -0.25) is 14.6 Å². The fourth-order valence-corrected chi connectivity index (χ4v) is 3.89. The summed E-state index contributed by atoms with van der Waals surface area (Å²) in [6.45, 7) is -0.401. The highest BCUT2D eigenvalue weighted by Crippen LogP contribution is 2.33. The van der Waals surface area contributed by atoms with Crippen LogP contribution in [0, 0.1) is 0 Å². The molecule has 1 amide bonds. The molecule has 0 aliphatic carbocycles. The van der Waals surface area contributed by atoms with Gasteiger partial charge in [-0.25, -0.2) is 0 Å². The van der Waals surface area contributed by atoms with Crippen molar-refractivity contribution in [2.75, 3.05) is 11.9 Å². The number of carbonyl (C=O) groups is 2. The number of anilines is 1. The Bertz CT molecular complexity index is 1270. The van der Waals surface area contributed by atoms with Crippen LogP contribution in [0.3, 0.4) is 0 Å². The standard InChI is InChI=1S/C24H19ClN4O4S/c25-16-8-10-17(11-9-16)34-20-7-2-1-5-18(20)27-21(30)15-32-23(31)13-12-22-28-24(29-33-22)19-6-3-4-14-26-19/h1-11,14H,12-13,15H2,(H,27,30). The van der Waals surface area contributed by atoms with Gasteiger partial charge in [0.05, 0.1) is 12.1 Å². The van der Waals surface area contributed by atoms with Gasteiger partial charge in [0.1, 0.15) is 5.69 Å². The summed E-state index contributed by atoms with van der Waals surface area (Å²) in [5.74, 6) is -0.349. The van der Waals surface area contributed by atoms with Gasteiger partial charge < -0.3 is 14.6 Å². The third-order valence-corrected chi connectivity index (χ3v) is 5.81. The number of amides is 1. The summed E-state index contributed by atoms with van der Waals surface area (Å²) in [5.41, 5.74) is 1.20. The van der Waals surface area contributed by atoms with E-state index in [9.17, 15) is 9.59 Å².